The molecule has 0 unspecified atom stereocenters. The molecule has 0 bridgehead atoms. The number of nitrogens with zero attached hydrogens (tertiary/aromatic N) is 2. The first-order valence-corrected chi connectivity index (χ1v) is 9.20. The highest BCUT2D eigenvalue weighted by Crippen LogP contribution is 2.25. The maximum Gasteiger partial charge on any atom is 0.259 e. The molecule has 0 saturated carbocycles. The molecule has 0 saturated heterocycles. The van der Waals surface area contributed by atoms with Crippen molar-refractivity contribution in [2.24, 2.45) is 0 Å². The Morgan fingerprint density at radius 3 is 2.11 bits per heavy atom. The lowest BCUT2D eigenvalue weighted by Crippen LogP contribution is -2.12. The minimum Gasteiger partial charge on any atom is -0.322 e. The predicted molar refractivity (Wildman–Crippen MR) is 113 cm³/mol. The second-order valence-electron chi connectivity index (χ2n) is 6.87. The van der Waals surface area contributed by atoms with E-state index in [1.54, 1.807) is 10.9 Å². The smallest absolute Gasteiger partial charge is 0.259 e. The van der Waals surface area contributed by atoms with Crippen molar-refractivity contribution in [2.45, 2.75) is 13.8 Å². The van der Waals surface area contributed by atoms with Crippen LogP contribution in [0.2, 0.25) is 0 Å². The summed E-state index contributed by atoms with van der Waals surface area (Å²) in [4.78, 5) is 13.1. The number of aryl methyl sites for hydroxylation is 2. The van der Waals surface area contributed by atoms with Crippen molar-refractivity contribution in [3.05, 3.63) is 102 Å². The highest BCUT2D eigenvalue weighted by molar-refractivity contribution is 6.08. The summed E-state index contributed by atoms with van der Waals surface area (Å²) < 4.78 is 1.75. The summed E-state index contributed by atoms with van der Waals surface area (Å²) in [6.07, 6.45) is 1.79. The third-order valence-corrected chi connectivity index (χ3v) is 4.51. The summed E-state index contributed by atoms with van der Waals surface area (Å²) in [6.45, 7) is 4.04. The van der Waals surface area contributed by atoms with Crippen LogP contribution in [0.3, 0.4) is 0 Å². The second kappa shape index (κ2) is 7.53. The van der Waals surface area contributed by atoms with Gasteiger partial charge in [-0.2, -0.15) is 5.10 Å². The Morgan fingerprint density at radius 1 is 0.857 bits per heavy atom. The van der Waals surface area contributed by atoms with E-state index in [2.05, 4.69) is 11.4 Å². The number of hydrogen-bond donors (Lipinski definition) is 1. The average molecular weight is 367 g/mol. The lowest BCUT2D eigenvalue weighted by atomic mass is 10.1. The van der Waals surface area contributed by atoms with Gasteiger partial charge in [0, 0.05) is 17.4 Å². The standard InChI is InChI=1S/C24H21N3O/c1-17-13-18(2)15-20(14-17)25-24(28)22-16-27(21-11-7-4-8-12-21)26-23(22)19-9-5-3-6-10-19/h3-16H,1-2H3,(H,25,28). The Kier molecular flexibility index (Phi) is 4.77. The van der Waals surface area contributed by atoms with Gasteiger partial charge in [0.1, 0.15) is 5.69 Å². The highest BCUT2D eigenvalue weighted by Gasteiger charge is 2.19. The average Bonchev–Trinajstić information content (AvgIpc) is 3.14. The summed E-state index contributed by atoms with van der Waals surface area (Å²) >= 11 is 0. The van der Waals surface area contributed by atoms with Crippen molar-refractivity contribution in [1.29, 1.82) is 0 Å². The Labute approximate surface area is 164 Å². The summed E-state index contributed by atoms with van der Waals surface area (Å²) in [5.41, 5.74) is 6.01. The van der Waals surface area contributed by atoms with Crippen LogP contribution in [0.1, 0.15) is 21.5 Å². The van der Waals surface area contributed by atoms with E-state index in [-0.39, 0.29) is 5.91 Å². The van der Waals surface area contributed by atoms with Gasteiger partial charge < -0.3 is 5.32 Å². The van der Waals surface area contributed by atoms with E-state index in [0.717, 1.165) is 28.1 Å². The minimum atomic E-state index is -0.175. The molecule has 0 aliphatic carbocycles. The number of rotatable bonds is 4. The molecular weight excluding hydrogens is 346 g/mol. The van der Waals surface area contributed by atoms with E-state index in [9.17, 15) is 4.79 Å². The van der Waals surface area contributed by atoms with Gasteiger partial charge in [-0.15, -0.1) is 0 Å². The van der Waals surface area contributed by atoms with Crippen LogP contribution in [0.15, 0.2) is 85.1 Å². The van der Waals surface area contributed by atoms with Gasteiger partial charge in [0.25, 0.3) is 5.91 Å². The van der Waals surface area contributed by atoms with Gasteiger partial charge in [0.05, 0.1) is 11.3 Å². The molecule has 4 aromatic rings. The van der Waals surface area contributed by atoms with Crippen LogP contribution < -0.4 is 5.32 Å². The zero-order valence-corrected chi connectivity index (χ0v) is 15.9. The molecule has 1 heterocycles. The van der Waals surface area contributed by atoms with Gasteiger partial charge in [0.2, 0.25) is 0 Å². The molecule has 0 fully saturated rings. The SMILES string of the molecule is Cc1cc(C)cc(NC(=O)c2cn(-c3ccccc3)nc2-c2ccccc2)c1. The number of benzene rings is 3. The fraction of sp³-hybridized carbons (Fsp3) is 0.0833. The number of aromatic nitrogens is 2. The van der Waals surface area contributed by atoms with Gasteiger partial charge in [-0.05, 0) is 49.2 Å². The molecule has 138 valence electrons. The molecular formula is C24H21N3O. The van der Waals surface area contributed by atoms with Crippen LogP contribution in [-0.4, -0.2) is 15.7 Å². The molecule has 1 N–H and O–H groups in total. The largest absolute Gasteiger partial charge is 0.322 e. The van der Waals surface area contributed by atoms with E-state index in [1.165, 1.54) is 0 Å². The number of carbonyl (C=O) groups excluding carboxylic acids is 1. The number of nitrogens with one attached hydrogen (secondary N) is 1. The topological polar surface area (TPSA) is 46.9 Å². The van der Waals surface area contributed by atoms with Gasteiger partial charge in [-0.1, -0.05) is 54.6 Å². The number of para-hydroxylation sites is 1. The Morgan fingerprint density at radius 2 is 1.46 bits per heavy atom. The third kappa shape index (κ3) is 3.71. The second-order valence-corrected chi connectivity index (χ2v) is 6.87. The van der Waals surface area contributed by atoms with E-state index in [4.69, 9.17) is 5.10 Å². The molecule has 0 aliphatic rings. The molecule has 3 aromatic carbocycles. The first kappa shape index (κ1) is 17.7. The molecule has 1 aromatic heterocycles. The molecule has 4 nitrogen and oxygen atoms in total. The molecule has 0 aliphatic heterocycles. The van der Waals surface area contributed by atoms with Gasteiger partial charge >= 0.3 is 0 Å². The maximum atomic E-state index is 13.1. The van der Waals surface area contributed by atoms with Crippen LogP contribution >= 0.6 is 0 Å². The highest BCUT2D eigenvalue weighted by atomic mass is 16.1. The summed E-state index contributed by atoms with van der Waals surface area (Å²) in [6, 6.07) is 25.6. The van der Waals surface area contributed by atoms with Crippen molar-refractivity contribution in [3.8, 4) is 16.9 Å². The van der Waals surface area contributed by atoms with E-state index in [1.807, 2.05) is 86.6 Å². The molecule has 0 radical (unpaired) electrons. The van der Waals surface area contributed by atoms with E-state index >= 15 is 0 Å². The quantitative estimate of drug-likeness (QED) is 0.524. The van der Waals surface area contributed by atoms with E-state index < -0.39 is 0 Å². The zero-order valence-electron chi connectivity index (χ0n) is 15.9. The van der Waals surface area contributed by atoms with Crippen molar-refractivity contribution >= 4 is 11.6 Å². The molecule has 4 heteroatoms. The third-order valence-electron chi connectivity index (χ3n) is 4.51. The van der Waals surface area contributed by atoms with Gasteiger partial charge in [-0.25, -0.2) is 4.68 Å². The van der Waals surface area contributed by atoms with Crippen molar-refractivity contribution in [2.75, 3.05) is 5.32 Å². The number of amides is 1. The summed E-state index contributed by atoms with van der Waals surface area (Å²) in [7, 11) is 0. The Bertz CT molecular complexity index is 1100. The minimum absolute atomic E-state index is 0.175. The molecule has 0 spiro atoms. The van der Waals surface area contributed by atoms with Gasteiger partial charge in [0.15, 0.2) is 0 Å². The molecule has 28 heavy (non-hydrogen) atoms. The van der Waals surface area contributed by atoms with Crippen molar-refractivity contribution in [1.82, 2.24) is 9.78 Å². The summed E-state index contributed by atoms with van der Waals surface area (Å²) in [5.74, 6) is -0.175. The lowest BCUT2D eigenvalue weighted by molar-refractivity contribution is 0.102. The first-order valence-electron chi connectivity index (χ1n) is 9.20. The fourth-order valence-electron chi connectivity index (χ4n) is 3.31. The maximum absolute atomic E-state index is 13.1. The van der Waals surface area contributed by atoms with Crippen LogP contribution in [0.4, 0.5) is 5.69 Å². The van der Waals surface area contributed by atoms with Crippen LogP contribution in [-0.2, 0) is 0 Å². The van der Waals surface area contributed by atoms with E-state index in [0.29, 0.717) is 11.3 Å². The summed E-state index contributed by atoms with van der Waals surface area (Å²) in [5, 5.41) is 7.73. The Hall–Kier alpha value is -3.66. The lowest BCUT2D eigenvalue weighted by Gasteiger charge is -2.07. The van der Waals surface area contributed by atoms with Crippen LogP contribution in [0, 0.1) is 13.8 Å². The normalized spacial score (nSPS) is 10.6. The molecule has 0 atom stereocenters. The molecule has 4 rings (SSSR count). The number of hydrogen-bond acceptors (Lipinski definition) is 2. The monoisotopic (exact) mass is 367 g/mol. The predicted octanol–water partition coefficient (Wildman–Crippen LogP) is 5.41. The first-order chi connectivity index (χ1) is 13.6. The van der Waals surface area contributed by atoms with Crippen LogP contribution in [0.25, 0.3) is 16.9 Å². The fourth-order valence-corrected chi connectivity index (χ4v) is 3.31. The Balaban J connectivity index is 1.76. The van der Waals surface area contributed by atoms with Crippen molar-refractivity contribution in [3.63, 3.8) is 0 Å². The number of anilines is 1. The van der Waals surface area contributed by atoms with Crippen LogP contribution in [0.5, 0.6) is 0 Å². The molecule has 1 amide bonds. The van der Waals surface area contributed by atoms with Gasteiger partial charge in [-0.3, -0.25) is 4.79 Å². The number of carbonyl (C=O) groups is 1. The van der Waals surface area contributed by atoms with Crippen molar-refractivity contribution < 1.29 is 4.79 Å². The zero-order chi connectivity index (χ0) is 19.5.